The minimum Gasteiger partial charge on any atom is -0.266 e. The molecule has 0 radical (unpaired) electrons. The molecule has 0 heterocycles. The van der Waals surface area contributed by atoms with Gasteiger partial charge in [0.05, 0.1) is 0 Å². The van der Waals surface area contributed by atoms with Gasteiger partial charge in [-0.2, -0.15) is 0 Å². The van der Waals surface area contributed by atoms with E-state index in [-0.39, 0.29) is 0 Å². The Hall–Kier alpha value is -1.61. The van der Waals surface area contributed by atoms with E-state index in [1.54, 1.807) is 0 Å². The summed E-state index contributed by atoms with van der Waals surface area (Å²) in [6, 6.07) is 0. The van der Waals surface area contributed by atoms with E-state index in [0.717, 1.165) is 0 Å². The van der Waals surface area contributed by atoms with Crippen LogP contribution in [-0.4, -0.2) is 5.24 Å². The quantitative estimate of drug-likeness (QED) is 0.229. The smallest absolute Gasteiger partial charge is 0.266 e. The van der Waals surface area contributed by atoms with Crippen molar-refractivity contribution < 1.29 is 26.7 Å². The van der Waals surface area contributed by atoms with Crippen molar-refractivity contribution in [3.63, 3.8) is 0 Å². The van der Waals surface area contributed by atoms with Crippen LogP contribution in [0.2, 0.25) is 0 Å². The molecule has 0 unspecified atom stereocenters. The molecule has 0 aliphatic carbocycles. The maximum absolute atomic E-state index is 12.9. The number of hydrogen-bond donors (Lipinski definition) is 0. The maximum atomic E-state index is 12.9. The normalized spacial score (nSPS) is 9.62. The molecule has 0 N–H and O–H groups in total. The zero-order chi connectivity index (χ0) is 12.5. The van der Waals surface area contributed by atoms with Gasteiger partial charge in [0.1, 0.15) is 5.56 Å². The van der Waals surface area contributed by atoms with Gasteiger partial charge in [-0.1, -0.05) is 5.92 Å². The number of rotatable bonds is 0. The van der Waals surface area contributed by atoms with E-state index in [4.69, 9.17) is 11.6 Å². The van der Waals surface area contributed by atoms with E-state index in [9.17, 15) is 26.7 Å². The zero-order valence-corrected chi connectivity index (χ0v) is 7.93. The Bertz CT molecular complexity index is 500. The highest BCUT2D eigenvalue weighted by molar-refractivity contribution is 6.68. The molecular weight excluding hydrogens is 255 g/mol. The maximum Gasteiger partial charge on any atom is 0.296 e. The first-order valence-corrected chi connectivity index (χ1v) is 3.97. The molecule has 0 aromatic heterocycles. The molecule has 1 aromatic rings. The lowest BCUT2D eigenvalue weighted by atomic mass is 10.1. The van der Waals surface area contributed by atoms with Crippen molar-refractivity contribution in [2.45, 2.75) is 0 Å². The lowest BCUT2D eigenvalue weighted by Gasteiger charge is -2.01. The topological polar surface area (TPSA) is 17.1 Å². The third-order valence-electron chi connectivity index (χ3n) is 1.50. The van der Waals surface area contributed by atoms with Crippen LogP contribution in [-0.2, 0) is 4.79 Å². The fraction of sp³-hybridized carbons (Fsp3) is 0. The van der Waals surface area contributed by atoms with E-state index in [1.807, 2.05) is 0 Å². The standard InChI is InChI=1S/C9ClF5O/c10-4(16)2-1-3-5(11)7(13)9(15)8(14)6(3)12. The van der Waals surface area contributed by atoms with Crippen molar-refractivity contribution in [1.82, 2.24) is 0 Å². The average molecular weight is 255 g/mol. The average Bonchev–Trinajstić information content (AvgIpc) is 2.23. The molecular formula is C9ClF5O. The number of carbonyl (C=O) groups excluding carboxylic acids is 1. The van der Waals surface area contributed by atoms with Crippen LogP contribution < -0.4 is 0 Å². The molecule has 0 aliphatic rings. The molecule has 1 aromatic carbocycles. The van der Waals surface area contributed by atoms with Crippen molar-refractivity contribution in [3.8, 4) is 11.8 Å². The van der Waals surface area contributed by atoms with Gasteiger partial charge in [0.2, 0.25) is 5.82 Å². The van der Waals surface area contributed by atoms with Gasteiger partial charge in [-0.05, 0) is 17.5 Å². The van der Waals surface area contributed by atoms with Gasteiger partial charge in [0.15, 0.2) is 23.3 Å². The van der Waals surface area contributed by atoms with Gasteiger partial charge < -0.3 is 0 Å². The largest absolute Gasteiger partial charge is 0.296 e. The molecule has 0 atom stereocenters. The second-order valence-electron chi connectivity index (χ2n) is 2.47. The van der Waals surface area contributed by atoms with Gasteiger partial charge in [-0.25, -0.2) is 22.0 Å². The Morgan fingerprint density at radius 1 is 0.875 bits per heavy atom. The van der Waals surface area contributed by atoms with Gasteiger partial charge >= 0.3 is 0 Å². The summed E-state index contributed by atoms with van der Waals surface area (Å²) < 4.78 is 63.4. The monoisotopic (exact) mass is 254 g/mol. The lowest BCUT2D eigenvalue weighted by molar-refractivity contribution is -0.107. The first-order chi connectivity index (χ1) is 7.36. The Labute approximate surface area is 90.8 Å². The summed E-state index contributed by atoms with van der Waals surface area (Å²) in [6.45, 7) is 0. The van der Waals surface area contributed by atoms with Crippen molar-refractivity contribution in [2.24, 2.45) is 0 Å². The molecule has 0 spiro atoms. The van der Waals surface area contributed by atoms with Gasteiger partial charge in [0.25, 0.3) is 5.24 Å². The highest BCUT2D eigenvalue weighted by atomic mass is 35.5. The van der Waals surface area contributed by atoms with Crippen LogP contribution in [0.15, 0.2) is 0 Å². The van der Waals surface area contributed by atoms with Gasteiger partial charge in [0, 0.05) is 0 Å². The number of hydrogen-bond acceptors (Lipinski definition) is 1. The lowest BCUT2D eigenvalue weighted by Crippen LogP contribution is -2.04. The first kappa shape index (κ1) is 12.5. The predicted molar refractivity (Wildman–Crippen MR) is 44.0 cm³/mol. The number of halogens is 6. The van der Waals surface area contributed by atoms with Gasteiger partial charge in [-0.3, -0.25) is 4.79 Å². The molecule has 1 nitrogen and oxygen atoms in total. The first-order valence-electron chi connectivity index (χ1n) is 3.59. The minimum absolute atomic E-state index is 1.29. The van der Waals surface area contributed by atoms with Crippen LogP contribution in [0.25, 0.3) is 0 Å². The third kappa shape index (κ3) is 2.14. The molecule has 0 fully saturated rings. The summed E-state index contributed by atoms with van der Waals surface area (Å²) in [7, 11) is 0. The molecule has 16 heavy (non-hydrogen) atoms. The molecule has 0 bridgehead atoms. The second kappa shape index (κ2) is 4.49. The fourth-order valence-electron chi connectivity index (χ4n) is 0.826. The highest BCUT2D eigenvalue weighted by Crippen LogP contribution is 2.22. The fourth-order valence-corrected chi connectivity index (χ4v) is 0.874. The zero-order valence-electron chi connectivity index (χ0n) is 7.18. The summed E-state index contributed by atoms with van der Waals surface area (Å²) in [5.41, 5.74) is -1.40. The second-order valence-corrected chi connectivity index (χ2v) is 2.81. The van der Waals surface area contributed by atoms with Crippen LogP contribution in [0.3, 0.4) is 0 Å². The summed E-state index contributed by atoms with van der Waals surface area (Å²) in [6.07, 6.45) is 0. The Morgan fingerprint density at radius 2 is 1.25 bits per heavy atom. The molecule has 84 valence electrons. The van der Waals surface area contributed by atoms with Crippen molar-refractivity contribution >= 4 is 16.8 Å². The summed E-state index contributed by atoms with van der Waals surface area (Å²) >= 11 is 4.72. The molecule has 0 aliphatic heterocycles. The van der Waals surface area contributed by atoms with E-state index in [1.165, 1.54) is 11.8 Å². The van der Waals surface area contributed by atoms with Crippen molar-refractivity contribution in [2.75, 3.05) is 0 Å². The SMILES string of the molecule is O=C(Cl)C#Cc1c(F)c(F)c(F)c(F)c1F. The van der Waals surface area contributed by atoms with E-state index >= 15 is 0 Å². The van der Waals surface area contributed by atoms with Crippen LogP contribution in [0.4, 0.5) is 22.0 Å². The Morgan fingerprint density at radius 3 is 1.62 bits per heavy atom. The highest BCUT2D eigenvalue weighted by Gasteiger charge is 2.24. The van der Waals surface area contributed by atoms with E-state index in [2.05, 4.69) is 0 Å². The molecule has 0 saturated heterocycles. The van der Waals surface area contributed by atoms with Crippen molar-refractivity contribution in [1.29, 1.82) is 0 Å². The van der Waals surface area contributed by atoms with Crippen LogP contribution >= 0.6 is 11.6 Å². The molecule has 1 rings (SSSR count). The number of benzene rings is 1. The predicted octanol–water partition coefficient (Wildman–Crippen LogP) is 2.50. The van der Waals surface area contributed by atoms with E-state index < -0.39 is 39.9 Å². The molecule has 0 amide bonds. The van der Waals surface area contributed by atoms with Crippen LogP contribution in [0.5, 0.6) is 0 Å². The molecule has 7 heteroatoms. The van der Waals surface area contributed by atoms with E-state index in [0.29, 0.717) is 0 Å². The van der Waals surface area contributed by atoms with Crippen molar-refractivity contribution in [3.05, 3.63) is 34.6 Å². The summed E-state index contributed by atoms with van der Waals surface area (Å²) in [4.78, 5) is 10.2. The minimum atomic E-state index is -2.29. The van der Waals surface area contributed by atoms with Gasteiger partial charge in [-0.15, -0.1) is 0 Å². The third-order valence-corrected chi connectivity index (χ3v) is 1.59. The van der Waals surface area contributed by atoms with Crippen LogP contribution in [0, 0.1) is 40.9 Å². The molecule has 0 saturated carbocycles. The number of carbonyl (C=O) groups is 1. The summed E-state index contributed by atoms with van der Waals surface area (Å²) in [5, 5.41) is -1.29. The van der Waals surface area contributed by atoms with Crippen LogP contribution in [0.1, 0.15) is 5.56 Å². The Kier molecular flexibility index (Phi) is 3.50. The summed E-state index contributed by atoms with van der Waals surface area (Å²) in [5.74, 6) is -7.86. The Balaban J connectivity index is 3.54.